The molecule has 1 aliphatic heterocycles. The molecule has 2 amide bonds. The van der Waals surface area contributed by atoms with Gasteiger partial charge in [-0.1, -0.05) is 44.2 Å². The fourth-order valence-corrected chi connectivity index (χ4v) is 4.19. The van der Waals surface area contributed by atoms with E-state index in [0.29, 0.717) is 12.1 Å². The van der Waals surface area contributed by atoms with Crippen LogP contribution in [0.3, 0.4) is 0 Å². The number of amides is 2. The minimum Gasteiger partial charge on any atom is -0.369 e. The van der Waals surface area contributed by atoms with Crippen LogP contribution in [-0.4, -0.2) is 62.0 Å². The van der Waals surface area contributed by atoms with E-state index < -0.39 is 6.04 Å². The van der Waals surface area contributed by atoms with Gasteiger partial charge in [-0.05, 0) is 62.1 Å². The van der Waals surface area contributed by atoms with E-state index in [9.17, 15) is 9.59 Å². The Labute approximate surface area is 198 Å². The van der Waals surface area contributed by atoms with Crippen LogP contribution in [0.25, 0.3) is 0 Å². The summed E-state index contributed by atoms with van der Waals surface area (Å²) < 4.78 is 0. The van der Waals surface area contributed by atoms with Gasteiger partial charge in [-0.25, -0.2) is 0 Å². The molecule has 33 heavy (non-hydrogen) atoms. The van der Waals surface area contributed by atoms with Crippen LogP contribution in [0.15, 0.2) is 54.6 Å². The minimum atomic E-state index is -0.535. The van der Waals surface area contributed by atoms with Crippen LogP contribution in [0.2, 0.25) is 0 Å². The highest BCUT2D eigenvalue weighted by molar-refractivity contribution is 5.97. The zero-order valence-electron chi connectivity index (χ0n) is 20.2. The van der Waals surface area contributed by atoms with E-state index in [1.54, 1.807) is 12.1 Å². The molecule has 6 nitrogen and oxygen atoms in total. The molecule has 1 fully saturated rings. The van der Waals surface area contributed by atoms with Crippen molar-refractivity contribution in [2.75, 3.05) is 44.2 Å². The van der Waals surface area contributed by atoms with Crippen molar-refractivity contribution < 1.29 is 9.59 Å². The molecule has 1 unspecified atom stereocenters. The summed E-state index contributed by atoms with van der Waals surface area (Å²) in [6.45, 7) is 12.0. The quantitative estimate of drug-likeness (QED) is 0.544. The minimum absolute atomic E-state index is 0.0161. The number of carbonyl (C=O) groups is 2. The lowest BCUT2D eigenvalue weighted by molar-refractivity contribution is -0.123. The molecular weight excluding hydrogens is 412 g/mol. The number of hydrogen-bond acceptors (Lipinski definition) is 4. The smallest absolute Gasteiger partial charge is 0.251 e. The molecule has 0 spiro atoms. The third kappa shape index (κ3) is 7.60. The Balaban J connectivity index is 1.33. The zero-order valence-corrected chi connectivity index (χ0v) is 20.2. The maximum atomic E-state index is 12.7. The number of aryl methyl sites for hydroxylation is 1. The number of piperazine rings is 1. The Kier molecular flexibility index (Phi) is 9.31. The highest BCUT2D eigenvalue weighted by Gasteiger charge is 2.24. The summed E-state index contributed by atoms with van der Waals surface area (Å²) in [5.74, 6) is -0.308. The summed E-state index contributed by atoms with van der Waals surface area (Å²) >= 11 is 0. The van der Waals surface area contributed by atoms with E-state index in [4.69, 9.17) is 0 Å². The lowest BCUT2D eigenvalue weighted by Gasteiger charge is -2.36. The van der Waals surface area contributed by atoms with E-state index in [0.717, 1.165) is 45.6 Å². The number of anilines is 1. The van der Waals surface area contributed by atoms with E-state index in [-0.39, 0.29) is 17.7 Å². The molecule has 2 N–H and O–H groups in total. The highest BCUT2D eigenvalue weighted by Crippen LogP contribution is 2.18. The van der Waals surface area contributed by atoms with Crippen molar-refractivity contribution in [3.05, 3.63) is 65.7 Å². The van der Waals surface area contributed by atoms with Gasteiger partial charge in [0.1, 0.15) is 6.04 Å². The van der Waals surface area contributed by atoms with Gasteiger partial charge in [0.05, 0.1) is 0 Å². The number of carbonyl (C=O) groups excluding carboxylic acids is 2. The third-order valence-corrected chi connectivity index (χ3v) is 6.21. The van der Waals surface area contributed by atoms with Crippen LogP contribution >= 0.6 is 0 Å². The van der Waals surface area contributed by atoms with Gasteiger partial charge in [-0.15, -0.1) is 0 Å². The largest absolute Gasteiger partial charge is 0.369 e. The number of nitrogens with zero attached hydrogens (tertiary/aromatic N) is 2. The summed E-state index contributed by atoms with van der Waals surface area (Å²) in [6, 6.07) is 17.2. The number of rotatable bonds is 10. The number of unbranched alkanes of at least 4 members (excludes halogenated alkanes) is 1. The number of benzene rings is 2. The fraction of sp³-hybridized carbons (Fsp3) is 0.481. The van der Waals surface area contributed by atoms with Crippen LogP contribution in [0.5, 0.6) is 0 Å². The normalized spacial score (nSPS) is 15.3. The van der Waals surface area contributed by atoms with Gasteiger partial charge in [-0.2, -0.15) is 0 Å². The van der Waals surface area contributed by atoms with Crippen molar-refractivity contribution in [3.8, 4) is 0 Å². The van der Waals surface area contributed by atoms with Gasteiger partial charge in [0, 0.05) is 44.0 Å². The molecule has 2 aromatic carbocycles. The molecule has 0 aromatic heterocycles. The fourth-order valence-electron chi connectivity index (χ4n) is 4.19. The average Bonchev–Trinajstić information content (AvgIpc) is 2.82. The van der Waals surface area contributed by atoms with E-state index in [2.05, 4.69) is 51.6 Å². The van der Waals surface area contributed by atoms with Gasteiger partial charge in [0.15, 0.2) is 0 Å². The Hall–Kier alpha value is -2.86. The van der Waals surface area contributed by atoms with Crippen LogP contribution < -0.4 is 15.5 Å². The number of hydrogen-bond donors (Lipinski definition) is 2. The standard InChI is InChI=1S/C27H38N4O2/c1-21(2)25(29-26(32)23-11-5-4-6-12-23)27(33)28-14-7-8-15-30-16-18-31(19-17-30)24-13-9-10-22(3)20-24/h4-6,9-13,20-21,25H,7-8,14-19H2,1-3H3,(H,28,33)(H,29,32). The van der Waals surface area contributed by atoms with Gasteiger partial charge in [0.2, 0.25) is 5.91 Å². The Morgan fingerprint density at radius 3 is 2.33 bits per heavy atom. The average molecular weight is 451 g/mol. The topological polar surface area (TPSA) is 64.7 Å². The van der Waals surface area contributed by atoms with E-state index >= 15 is 0 Å². The van der Waals surface area contributed by atoms with Crippen LogP contribution in [0.1, 0.15) is 42.6 Å². The van der Waals surface area contributed by atoms with Crippen molar-refractivity contribution in [2.45, 2.75) is 39.7 Å². The second-order valence-electron chi connectivity index (χ2n) is 9.23. The Morgan fingerprint density at radius 2 is 1.67 bits per heavy atom. The first-order chi connectivity index (χ1) is 15.9. The van der Waals surface area contributed by atoms with Crippen molar-refractivity contribution in [1.82, 2.24) is 15.5 Å². The maximum absolute atomic E-state index is 12.7. The molecule has 3 rings (SSSR count). The summed E-state index contributed by atoms with van der Waals surface area (Å²) in [4.78, 5) is 30.1. The van der Waals surface area contributed by atoms with Crippen molar-refractivity contribution in [3.63, 3.8) is 0 Å². The molecule has 1 saturated heterocycles. The number of nitrogens with one attached hydrogen (secondary N) is 2. The van der Waals surface area contributed by atoms with Gasteiger partial charge in [0.25, 0.3) is 5.91 Å². The van der Waals surface area contributed by atoms with Gasteiger partial charge >= 0.3 is 0 Å². The molecule has 6 heteroatoms. The molecule has 1 aliphatic rings. The first kappa shape index (κ1) is 24.8. The van der Waals surface area contributed by atoms with E-state index in [1.807, 2.05) is 32.0 Å². The first-order valence-corrected chi connectivity index (χ1v) is 12.1. The van der Waals surface area contributed by atoms with Crippen molar-refractivity contribution in [1.29, 1.82) is 0 Å². The molecule has 2 aromatic rings. The van der Waals surface area contributed by atoms with Crippen molar-refractivity contribution >= 4 is 17.5 Å². The lowest BCUT2D eigenvalue weighted by Crippen LogP contribution is -2.50. The molecule has 178 valence electrons. The molecule has 1 heterocycles. The Bertz CT molecular complexity index is 892. The highest BCUT2D eigenvalue weighted by atomic mass is 16.2. The Morgan fingerprint density at radius 1 is 0.939 bits per heavy atom. The molecule has 0 radical (unpaired) electrons. The second-order valence-corrected chi connectivity index (χ2v) is 9.23. The molecule has 0 saturated carbocycles. The van der Waals surface area contributed by atoms with Gasteiger partial charge < -0.3 is 15.5 Å². The zero-order chi connectivity index (χ0) is 23.6. The first-order valence-electron chi connectivity index (χ1n) is 12.1. The lowest BCUT2D eigenvalue weighted by atomic mass is 10.0. The summed E-state index contributed by atoms with van der Waals surface area (Å²) in [5, 5.41) is 5.89. The van der Waals surface area contributed by atoms with Crippen LogP contribution in [-0.2, 0) is 4.79 Å². The predicted molar refractivity (Wildman–Crippen MR) is 135 cm³/mol. The summed E-state index contributed by atoms with van der Waals surface area (Å²) in [5.41, 5.74) is 3.19. The molecule has 1 atom stereocenters. The second kappa shape index (κ2) is 12.4. The monoisotopic (exact) mass is 450 g/mol. The van der Waals surface area contributed by atoms with Gasteiger partial charge in [-0.3, -0.25) is 14.5 Å². The van der Waals surface area contributed by atoms with E-state index in [1.165, 1.54) is 11.3 Å². The maximum Gasteiger partial charge on any atom is 0.251 e. The SMILES string of the molecule is Cc1cccc(N2CCN(CCCCNC(=O)C(NC(=O)c3ccccc3)C(C)C)CC2)c1. The summed E-state index contributed by atoms with van der Waals surface area (Å²) in [6.07, 6.45) is 1.98. The van der Waals surface area contributed by atoms with Crippen LogP contribution in [0, 0.1) is 12.8 Å². The predicted octanol–water partition coefficient (Wildman–Crippen LogP) is 3.47. The van der Waals surface area contributed by atoms with Crippen molar-refractivity contribution in [2.24, 2.45) is 5.92 Å². The molecule has 0 aliphatic carbocycles. The molecule has 0 bridgehead atoms. The molecular formula is C27H38N4O2. The summed E-state index contributed by atoms with van der Waals surface area (Å²) in [7, 11) is 0. The van der Waals surface area contributed by atoms with Crippen LogP contribution in [0.4, 0.5) is 5.69 Å². The third-order valence-electron chi connectivity index (χ3n) is 6.21.